The average Bonchev–Trinajstić information content (AvgIpc) is 3.28. The lowest BCUT2D eigenvalue weighted by atomic mass is 10.1. The van der Waals surface area contributed by atoms with Gasteiger partial charge in [-0.15, -0.1) is 0 Å². The molecular weight excluding hydrogens is 260 g/mol. The van der Waals surface area contributed by atoms with E-state index in [0.717, 1.165) is 12.8 Å². The van der Waals surface area contributed by atoms with Gasteiger partial charge in [-0.05, 0) is 37.8 Å². The number of benzene rings is 1. The van der Waals surface area contributed by atoms with Gasteiger partial charge >= 0.3 is 5.97 Å². The standard InChI is InChI=1S/C15H18O5/c1-3-19-15(17)13(16)11-5-4-6-12(18-2)14(11)20-9-10-7-8-10/h4-6,10H,3,7-9H2,1-2H3. The van der Waals surface area contributed by atoms with Crippen molar-refractivity contribution in [3.8, 4) is 11.5 Å². The fourth-order valence-corrected chi connectivity index (χ4v) is 1.80. The van der Waals surface area contributed by atoms with Crippen LogP contribution in [0.3, 0.4) is 0 Å². The zero-order valence-corrected chi connectivity index (χ0v) is 11.7. The molecule has 1 aliphatic rings. The van der Waals surface area contributed by atoms with Gasteiger partial charge in [0.05, 0.1) is 25.9 Å². The van der Waals surface area contributed by atoms with Crippen LogP contribution >= 0.6 is 0 Å². The molecule has 1 saturated carbocycles. The number of hydrogen-bond donors (Lipinski definition) is 0. The summed E-state index contributed by atoms with van der Waals surface area (Å²) in [5.74, 6) is -0.292. The number of carbonyl (C=O) groups is 2. The molecule has 20 heavy (non-hydrogen) atoms. The van der Waals surface area contributed by atoms with Gasteiger partial charge in [0.15, 0.2) is 11.5 Å². The third-order valence-electron chi connectivity index (χ3n) is 3.06. The lowest BCUT2D eigenvalue weighted by Gasteiger charge is -2.13. The summed E-state index contributed by atoms with van der Waals surface area (Å²) in [4.78, 5) is 23.7. The summed E-state index contributed by atoms with van der Waals surface area (Å²) in [5.41, 5.74) is 0.184. The monoisotopic (exact) mass is 278 g/mol. The van der Waals surface area contributed by atoms with E-state index < -0.39 is 11.8 Å². The quantitative estimate of drug-likeness (QED) is 0.435. The maximum Gasteiger partial charge on any atom is 0.379 e. The molecule has 0 amide bonds. The molecule has 0 aromatic heterocycles. The first-order valence-corrected chi connectivity index (χ1v) is 6.68. The topological polar surface area (TPSA) is 61.8 Å². The van der Waals surface area contributed by atoms with E-state index in [4.69, 9.17) is 14.2 Å². The van der Waals surface area contributed by atoms with Crippen LogP contribution in [0.25, 0.3) is 0 Å². The maximum absolute atomic E-state index is 12.1. The van der Waals surface area contributed by atoms with E-state index in [9.17, 15) is 9.59 Å². The number of carbonyl (C=O) groups excluding carboxylic acids is 2. The van der Waals surface area contributed by atoms with Crippen molar-refractivity contribution in [2.24, 2.45) is 5.92 Å². The van der Waals surface area contributed by atoms with E-state index in [0.29, 0.717) is 24.0 Å². The maximum atomic E-state index is 12.1. The van der Waals surface area contributed by atoms with Crippen LogP contribution in [0, 0.1) is 5.92 Å². The van der Waals surface area contributed by atoms with Gasteiger partial charge in [-0.25, -0.2) is 4.79 Å². The number of para-hydroxylation sites is 1. The van der Waals surface area contributed by atoms with Gasteiger partial charge < -0.3 is 14.2 Å². The molecule has 0 bridgehead atoms. The normalized spacial score (nSPS) is 13.7. The van der Waals surface area contributed by atoms with Crippen LogP contribution in [0.4, 0.5) is 0 Å². The fraction of sp³-hybridized carbons (Fsp3) is 0.467. The summed E-state index contributed by atoms with van der Waals surface area (Å²) >= 11 is 0. The molecule has 0 saturated heterocycles. The predicted molar refractivity (Wildman–Crippen MR) is 72.2 cm³/mol. The largest absolute Gasteiger partial charge is 0.493 e. The van der Waals surface area contributed by atoms with Gasteiger partial charge in [0.2, 0.25) is 0 Å². The van der Waals surface area contributed by atoms with Crippen LogP contribution in [0.5, 0.6) is 11.5 Å². The minimum atomic E-state index is -0.878. The Hall–Kier alpha value is -2.04. The highest BCUT2D eigenvalue weighted by atomic mass is 16.5. The highest BCUT2D eigenvalue weighted by molar-refractivity contribution is 6.41. The molecule has 0 heterocycles. The summed E-state index contributed by atoms with van der Waals surface area (Å²) in [7, 11) is 1.50. The summed E-state index contributed by atoms with van der Waals surface area (Å²) in [6.07, 6.45) is 2.27. The van der Waals surface area contributed by atoms with Crippen molar-refractivity contribution in [1.29, 1.82) is 0 Å². The third-order valence-corrected chi connectivity index (χ3v) is 3.06. The first-order chi connectivity index (χ1) is 9.67. The number of ketones is 1. The van der Waals surface area contributed by atoms with Gasteiger partial charge in [-0.2, -0.15) is 0 Å². The number of esters is 1. The van der Waals surface area contributed by atoms with Gasteiger partial charge in [0.25, 0.3) is 5.78 Å². The smallest absolute Gasteiger partial charge is 0.379 e. The molecule has 1 aliphatic carbocycles. The molecule has 0 radical (unpaired) electrons. The number of methoxy groups -OCH3 is 1. The number of Topliss-reactive ketones (excluding diaryl/α,β-unsaturated/α-hetero) is 1. The SMILES string of the molecule is CCOC(=O)C(=O)c1cccc(OC)c1OCC1CC1. The summed E-state index contributed by atoms with van der Waals surface area (Å²) in [5, 5.41) is 0. The summed E-state index contributed by atoms with van der Waals surface area (Å²) in [6, 6.07) is 4.89. The molecule has 0 spiro atoms. The fourth-order valence-electron chi connectivity index (χ4n) is 1.80. The van der Waals surface area contributed by atoms with Crippen LogP contribution in [-0.4, -0.2) is 32.1 Å². The first-order valence-electron chi connectivity index (χ1n) is 6.68. The van der Waals surface area contributed by atoms with Gasteiger partial charge in [0, 0.05) is 0 Å². The number of hydrogen-bond acceptors (Lipinski definition) is 5. The average molecular weight is 278 g/mol. The Bertz CT molecular complexity index is 505. The molecule has 5 heteroatoms. The highest BCUT2D eigenvalue weighted by Crippen LogP contribution is 2.35. The van der Waals surface area contributed by atoms with E-state index in [2.05, 4.69) is 0 Å². The zero-order valence-electron chi connectivity index (χ0n) is 11.7. The second-order valence-electron chi connectivity index (χ2n) is 4.64. The molecule has 0 N–H and O–H groups in total. The van der Waals surface area contributed by atoms with Crippen LogP contribution in [0.1, 0.15) is 30.1 Å². The third kappa shape index (κ3) is 3.29. The molecule has 1 aromatic rings. The zero-order chi connectivity index (χ0) is 14.5. The summed E-state index contributed by atoms with van der Waals surface area (Å²) < 4.78 is 15.6. The lowest BCUT2D eigenvalue weighted by Crippen LogP contribution is -2.19. The van der Waals surface area contributed by atoms with Crippen molar-refractivity contribution in [3.63, 3.8) is 0 Å². The van der Waals surface area contributed by atoms with Crippen molar-refractivity contribution in [2.75, 3.05) is 20.3 Å². The first kappa shape index (κ1) is 14.4. The Kier molecular flexibility index (Phi) is 4.61. The molecule has 5 nitrogen and oxygen atoms in total. The molecule has 1 aromatic carbocycles. The van der Waals surface area contributed by atoms with Crippen molar-refractivity contribution in [1.82, 2.24) is 0 Å². The molecular formula is C15H18O5. The molecule has 108 valence electrons. The van der Waals surface area contributed by atoms with Crippen molar-refractivity contribution in [3.05, 3.63) is 23.8 Å². The molecule has 2 rings (SSSR count). The number of rotatable bonds is 7. The van der Waals surface area contributed by atoms with E-state index in [1.165, 1.54) is 7.11 Å². The van der Waals surface area contributed by atoms with Crippen molar-refractivity contribution >= 4 is 11.8 Å². The number of ether oxygens (including phenoxy) is 3. The van der Waals surface area contributed by atoms with E-state index in [-0.39, 0.29) is 12.2 Å². The predicted octanol–water partition coefficient (Wildman–Crippen LogP) is 2.23. The second kappa shape index (κ2) is 6.41. The van der Waals surface area contributed by atoms with Crippen molar-refractivity contribution in [2.45, 2.75) is 19.8 Å². The molecule has 0 unspecified atom stereocenters. The minimum absolute atomic E-state index is 0.160. The highest BCUT2D eigenvalue weighted by Gasteiger charge is 2.27. The van der Waals surface area contributed by atoms with Gasteiger partial charge in [0.1, 0.15) is 0 Å². The molecule has 1 fully saturated rings. The van der Waals surface area contributed by atoms with E-state index in [1.807, 2.05) is 0 Å². The lowest BCUT2D eigenvalue weighted by molar-refractivity contribution is -0.137. The van der Waals surface area contributed by atoms with Gasteiger partial charge in [-0.3, -0.25) is 4.79 Å². The Labute approximate surface area is 117 Å². The Balaban J connectivity index is 2.24. The van der Waals surface area contributed by atoms with Crippen LogP contribution in [-0.2, 0) is 9.53 Å². The molecule has 0 aliphatic heterocycles. The van der Waals surface area contributed by atoms with Crippen LogP contribution < -0.4 is 9.47 Å². The van der Waals surface area contributed by atoms with Crippen LogP contribution in [0.15, 0.2) is 18.2 Å². The van der Waals surface area contributed by atoms with Gasteiger partial charge in [-0.1, -0.05) is 6.07 Å². The minimum Gasteiger partial charge on any atom is -0.493 e. The summed E-state index contributed by atoms with van der Waals surface area (Å²) in [6.45, 7) is 2.34. The Morgan fingerprint density at radius 2 is 2.05 bits per heavy atom. The van der Waals surface area contributed by atoms with E-state index >= 15 is 0 Å². The van der Waals surface area contributed by atoms with Crippen LogP contribution in [0.2, 0.25) is 0 Å². The van der Waals surface area contributed by atoms with Crippen molar-refractivity contribution < 1.29 is 23.8 Å². The Morgan fingerprint density at radius 1 is 1.30 bits per heavy atom. The van der Waals surface area contributed by atoms with E-state index in [1.54, 1.807) is 25.1 Å². The molecule has 0 atom stereocenters. The second-order valence-corrected chi connectivity index (χ2v) is 4.64. The Morgan fingerprint density at radius 3 is 2.65 bits per heavy atom.